The van der Waals surface area contributed by atoms with E-state index >= 15 is 0 Å². The highest BCUT2D eigenvalue weighted by Crippen LogP contribution is 2.24. The Hall–Kier alpha value is -4.01. The molecule has 0 unspecified atom stereocenters. The number of carbonyl (C=O) groups is 2. The fraction of sp³-hybridized carbons (Fsp3) is 0.190. The fourth-order valence-corrected chi connectivity index (χ4v) is 3.83. The topological polar surface area (TPSA) is 117 Å². The van der Waals surface area contributed by atoms with E-state index in [2.05, 4.69) is 20.3 Å². The number of amides is 1. The van der Waals surface area contributed by atoms with Crippen LogP contribution in [0, 0.1) is 0 Å². The second-order valence-electron chi connectivity index (χ2n) is 7.18. The van der Waals surface area contributed by atoms with Gasteiger partial charge in [0.15, 0.2) is 17.0 Å². The van der Waals surface area contributed by atoms with Gasteiger partial charge in [0, 0.05) is 30.4 Å². The molecule has 9 nitrogen and oxygen atoms in total. The monoisotopic (exact) mass is 402 g/mol. The van der Waals surface area contributed by atoms with Crippen LogP contribution in [0.15, 0.2) is 48.7 Å². The molecular formula is C21H18N6O3. The van der Waals surface area contributed by atoms with Crippen LogP contribution in [0.25, 0.3) is 11.0 Å². The average molecular weight is 402 g/mol. The Morgan fingerprint density at radius 1 is 1.10 bits per heavy atom. The van der Waals surface area contributed by atoms with Crippen molar-refractivity contribution in [1.82, 2.24) is 29.9 Å². The molecule has 0 bridgehead atoms. The minimum atomic E-state index is -1.11. The van der Waals surface area contributed by atoms with E-state index in [1.165, 1.54) is 0 Å². The third kappa shape index (κ3) is 3.00. The number of hydrogen-bond donors (Lipinski definition) is 2. The van der Waals surface area contributed by atoms with Crippen molar-refractivity contribution in [3.8, 4) is 0 Å². The number of carboxylic acid groups (broad SMARTS) is 1. The normalized spacial score (nSPS) is 13.4. The summed E-state index contributed by atoms with van der Waals surface area (Å²) in [5, 5.41) is 21.2. The first kappa shape index (κ1) is 18.0. The second-order valence-corrected chi connectivity index (χ2v) is 7.18. The van der Waals surface area contributed by atoms with Crippen LogP contribution in [0.5, 0.6) is 0 Å². The summed E-state index contributed by atoms with van der Waals surface area (Å²) in [6.45, 7) is 1.14. The molecule has 1 amide bonds. The third-order valence-corrected chi connectivity index (χ3v) is 5.31. The third-order valence-electron chi connectivity index (χ3n) is 5.31. The van der Waals surface area contributed by atoms with Gasteiger partial charge in [0.25, 0.3) is 5.91 Å². The smallest absolute Gasteiger partial charge is 0.356 e. The minimum Gasteiger partial charge on any atom is -0.476 e. The number of aromatic nitrogens is 5. The van der Waals surface area contributed by atoms with Gasteiger partial charge in [-0.1, -0.05) is 30.3 Å². The van der Waals surface area contributed by atoms with Gasteiger partial charge in [-0.05, 0) is 17.7 Å². The molecule has 1 aromatic carbocycles. The summed E-state index contributed by atoms with van der Waals surface area (Å²) in [4.78, 5) is 30.8. The highest BCUT2D eigenvalue weighted by molar-refractivity contribution is 6.04. The number of nitrogens with zero attached hydrogens (tertiary/aromatic N) is 5. The number of H-pyrrole nitrogens is 1. The predicted octanol–water partition coefficient (Wildman–Crippen LogP) is 2.10. The van der Waals surface area contributed by atoms with E-state index in [9.17, 15) is 14.7 Å². The summed E-state index contributed by atoms with van der Waals surface area (Å²) in [7, 11) is 0. The van der Waals surface area contributed by atoms with Crippen molar-refractivity contribution in [2.24, 2.45) is 0 Å². The number of hydrogen-bond acceptors (Lipinski definition) is 5. The van der Waals surface area contributed by atoms with Crippen molar-refractivity contribution in [1.29, 1.82) is 0 Å². The fourth-order valence-electron chi connectivity index (χ4n) is 3.83. The number of carboxylic acids is 1. The first-order chi connectivity index (χ1) is 14.6. The Morgan fingerprint density at radius 2 is 1.93 bits per heavy atom. The maximum Gasteiger partial charge on any atom is 0.356 e. The average Bonchev–Trinajstić information content (AvgIpc) is 3.36. The Bertz CT molecular complexity index is 1260. The molecule has 0 saturated carbocycles. The largest absolute Gasteiger partial charge is 0.476 e. The van der Waals surface area contributed by atoms with E-state index < -0.39 is 5.97 Å². The number of rotatable bonds is 4. The van der Waals surface area contributed by atoms with Gasteiger partial charge >= 0.3 is 5.97 Å². The number of pyridine rings is 1. The van der Waals surface area contributed by atoms with E-state index in [0.29, 0.717) is 41.8 Å². The molecule has 0 atom stereocenters. The molecule has 150 valence electrons. The van der Waals surface area contributed by atoms with E-state index in [4.69, 9.17) is 0 Å². The summed E-state index contributed by atoms with van der Waals surface area (Å²) >= 11 is 0. The van der Waals surface area contributed by atoms with Crippen LogP contribution in [0.2, 0.25) is 0 Å². The lowest BCUT2D eigenvalue weighted by molar-refractivity contribution is 0.0673. The van der Waals surface area contributed by atoms with Crippen LogP contribution in [0.1, 0.15) is 37.8 Å². The number of benzene rings is 1. The number of fused-ring (bicyclic) bond motifs is 2. The lowest BCUT2D eigenvalue weighted by Gasteiger charge is -2.26. The molecule has 4 aromatic rings. The molecule has 0 fully saturated rings. The zero-order valence-corrected chi connectivity index (χ0v) is 15.9. The Balaban J connectivity index is 1.50. The zero-order chi connectivity index (χ0) is 20.7. The first-order valence-electron chi connectivity index (χ1n) is 9.56. The summed E-state index contributed by atoms with van der Waals surface area (Å²) in [5.74, 6) is -1.36. The highest BCUT2D eigenvalue weighted by atomic mass is 16.4. The number of nitrogens with one attached hydrogen (secondary N) is 1. The molecule has 0 spiro atoms. The zero-order valence-electron chi connectivity index (χ0n) is 15.9. The van der Waals surface area contributed by atoms with Crippen molar-refractivity contribution >= 4 is 22.9 Å². The molecule has 0 aliphatic carbocycles. The van der Waals surface area contributed by atoms with Gasteiger partial charge in [-0.25, -0.2) is 14.5 Å². The molecule has 1 aliphatic rings. The van der Waals surface area contributed by atoms with Crippen LogP contribution in [0.3, 0.4) is 0 Å². The van der Waals surface area contributed by atoms with Gasteiger partial charge in [-0.2, -0.15) is 10.2 Å². The Morgan fingerprint density at radius 3 is 2.73 bits per heavy atom. The van der Waals surface area contributed by atoms with Gasteiger partial charge in [0.05, 0.1) is 18.5 Å². The van der Waals surface area contributed by atoms with Gasteiger partial charge < -0.3 is 10.0 Å². The highest BCUT2D eigenvalue weighted by Gasteiger charge is 2.30. The SMILES string of the molecule is O=C(O)c1n[nH]c2c1CN(C(=O)c1nn(Cc3ccccc3)c3ncccc13)CC2. The molecule has 0 saturated heterocycles. The van der Waals surface area contributed by atoms with E-state index in [1.807, 2.05) is 36.4 Å². The molecule has 2 N–H and O–H groups in total. The molecule has 3 aromatic heterocycles. The van der Waals surface area contributed by atoms with Crippen LogP contribution in [-0.2, 0) is 19.5 Å². The first-order valence-corrected chi connectivity index (χ1v) is 9.56. The van der Waals surface area contributed by atoms with Crippen molar-refractivity contribution in [3.05, 3.63) is 76.9 Å². The van der Waals surface area contributed by atoms with Crippen LogP contribution in [-0.4, -0.2) is 53.4 Å². The molecule has 5 rings (SSSR count). The van der Waals surface area contributed by atoms with E-state index in [1.54, 1.807) is 21.8 Å². The molecule has 1 aliphatic heterocycles. The maximum absolute atomic E-state index is 13.3. The minimum absolute atomic E-state index is 0.0383. The van der Waals surface area contributed by atoms with Crippen molar-refractivity contribution in [2.75, 3.05) is 6.54 Å². The molecule has 30 heavy (non-hydrogen) atoms. The van der Waals surface area contributed by atoms with Crippen LogP contribution >= 0.6 is 0 Å². The van der Waals surface area contributed by atoms with Crippen molar-refractivity contribution < 1.29 is 14.7 Å². The maximum atomic E-state index is 13.3. The predicted molar refractivity (Wildman–Crippen MR) is 107 cm³/mol. The molecule has 4 heterocycles. The Kier molecular flexibility index (Phi) is 4.27. The van der Waals surface area contributed by atoms with Crippen molar-refractivity contribution in [2.45, 2.75) is 19.5 Å². The number of aromatic amines is 1. The standard InChI is InChI=1S/C21H18N6O3/c28-20(26-10-8-16-15(12-26)18(21(29)30)24-23-16)17-14-7-4-9-22-19(14)27(25-17)11-13-5-2-1-3-6-13/h1-7,9H,8,10-12H2,(H,23,24)(H,29,30). The summed E-state index contributed by atoms with van der Waals surface area (Å²) < 4.78 is 1.73. The molecular weight excluding hydrogens is 384 g/mol. The van der Waals surface area contributed by atoms with Gasteiger partial charge in [-0.3, -0.25) is 9.89 Å². The second kappa shape index (κ2) is 7.11. The molecule has 9 heteroatoms. The van der Waals surface area contributed by atoms with Gasteiger partial charge in [0.2, 0.25) is 0 Å². The summed E-state index contributed by atoms with van der Waals surface area (Å²) in [5.41, 5.74) is 3.28. The Labute approximate surface area is 171 Å². The van der Waals surface area contributed by atoms with Crippen LogP contribution < -0.4 is 0 Å². The lowest BCUT2D eigenvalue weighted by Crippen LogP contribution is -2.36. The van der Waals surface area contributed by atoms with E-state index in [0.717, 1.165) is 11.3 Å². The number of aromatic carboxylic acids is 1. The molecule has 0 radical (unpaired) electrons. The quantitative estimate of drug-likeness (QED) is 0.540. The van der Waals surface area contributed by atoms with Gasteiger partial charge in [0.1, 0.15) is 0 Å². The number of carbonyl (C=O) groups excluding carboxylic acids is 1. The van der Waals surface area contributed by atoms with Crippen molar-refractivity contribution in [3.63, 3.8) is 0 Å². The summed E-state index contributed by atoms with van der Waals surface area (Å²) in [6.07, 6.45) is 2.19. The van der Waals surface area contributed by atoms with E-state index in [-0.39, 0.29) is 18.1 Å². The van der Waals surface area contributed by atoms with Crippen LogP contribution in [0.4, 0.5) is 0 Å². The summed E-state index contributed by atoms with van der Waals surface area (Å²) in [6, 6.07) is 13.5. The lowest BCUT2D eigenvalue weighted by atomic mass is 10.0. The van der Waals surface area contributed by atoms with Gasteiger partial charge in [-0.15, -0.1) is 0 Å².